The Morgan fingerprint density at radius 3 is 2.54 bits per heavy atom. The first-order chi connectivity index (χ1) is 13.1. The number of amides is 1. The Bertz CT molecular complexity index is 951. The molecular weight excluding hydrogens is 423 g/mol. The molecule has 2 rings (SSSR count). The standard InChI is InChI=1S/C19H22Cl2N2O4S/c1-13-8-9-15(20)12-17(13)23(28(3,25)26)14(2)19(24)22-10-11-27-18-7-5-4-6-16(18)21/h4-9,12,14H,10-11H2,1-3H3,(H,22,24)/t14-/m1/s1. The van der Waals surface area contributed by atoms with Crippen LogP contribution in [0.1, 0.15) is 12.5 Å². The van der Waals surface area contributed by atoms with Gasteiger partial charge in [0.25, 0.3) is 0 Å². The lowest BCUT2D eigenvalue weighted by Gasteiger charge is -2.29. The minimum Gasteiger partial charge on any atom is -0.490 e. The minimum absolute atomic E-state index is 0.192. The van der Waals surface area contributed by atoms with Crippen LogP contribution < -0.4 is 14.4 Å². The lowest BCUT2D eigenvalue weighted by molar-refractivity contribution is -0.121. The van der Waals surface area contributed by atoms with Crippen molar-refractivity contribution < 1.29 is 17.9 Å². The maximum Gasteiger partial charge on any atom is 0.243 e. The molecule has 0 aliphatic heterocycles. The molecule has 0 aliphatic rings. The van der Waals surface area contributed by atoms with Gasteiger partial charge in [-0.1, -0.05) is 41.4 Å². The van der Waals surface area contributed by atoms with Gasteiger partial charge in [0, 0.05) is 5.02 Å². The zero-order chi connectivity index (χ0) is 20.9. The summed E-state index contributed by atoms with van der Waals surface area (Å²) in [5, 5.41) is 3.54. The maximum absolute atomic E-state index is 12.5. The van der Waals surface area contributed by atoms with Gasteiger partial charge in [-0.15, -0.1) is 0 Å². The molecule has 6 nitrogen and oxygen atoms in total. The van der Waals surface area contributed by atoms with Crippen molar-refractivity contribution in [2.75, 3.05) is 23.7 Å². The fraction of sp³-hybridized carbons (Fsp3) is 0.316. The van der Waals surface area contributed by atoms with Crippen LogP contribution in [0, 0.1) is 6.92 Å². The van der Waals surface area contributed by atoms with Crippen LogP contribution in [-0.2, 0) is 14.8 Å². The van der Waals surface area contributed by atoms with E-state index in [0.717, 1.165) is 10.6 Å². The highest BCUT2D eigenvalue weighted by Gasteiger charge is 2.30. The van der Waals surface area contributed by atoms with Crippen LogP contribution in [0.25, 0.3) is 0 Å². The Hall–Kier alpha value is -1.96. The highest BCUT2D eigenvalue weighted by atomic mass is 35.5. The van der Waals surface area contributed by atoms with E-state index < -0.39 is 22.0 Å². The SMILES string of the molecule is Cc1ccc(Cl)cc1N([C@H](C)C(=O)NCCOc1ccccc1Cl)S(C)(=O)=O. The third kappa shape index (κ3) is 5.77. The molecule has 28 heavy (non-hydrogen) atoms. The van der Waals surface area contributed by atoms with E-state index >= 15 is 0 Å². The fourth-order valence-electron chi connectivity index (χ4n) is 2.65. The van der Waals surface area contributed by atoms with Gasteiger partial charge in [0.1, 0.15) is 18.4 Å². The Morgan fingerprint density at radius 1 is 1.21 bits per heavy atom. The van der Waals surface area contributed by atoms with Crippen molar-refractivity contribution >= 4 is 44.8 Å². The molecule has 0 saturated carbocycles. The van der Waals surface area contributed by atoms with Gasteiger partial charge < -0.3 is 10.1 Å². The van der Waals surface area contributed by atoms with E-state index in [2.05, 4.69) is 5.32 Å². The number of sulfonamides is 1. The summed E-state index contributed by atoms with van der Waals surface area (Å²) in [4.78, 5) is 12.5. The Morgan fingerprint density at radius 2 is 1.89 bits per heavy atom. The second-order valence-electron chi connectivity index (χ2n) is 6.24. The number of nitrogens with one attached hydrogen (secondary N) is 1. The summed E-state index contributed by atoms with van der Waals surface area (Å²) in [7, 11) is -3.72. The molecule has 0 radical (unpaired) electrons. The van der Waals surface area contributed by atoms with Gasteiger partial charge in [-0.2, -0.15) is 0 Å². The van der Waals surface area contributed by atoms with Crippen molar-refractivity contribution in [2.45, 2.75) is 19.9 Å². The van der Waals surface area contributed by atoms with Crippen LogP contribution in [0.4, 0.5) is 5.69 Å². The summed E-state index contributed by atoms with van der Waals surface area (Å²) in [6.07, 6.45) is 1.05. The Balaban J connectivity index is 2.06. The molecule has 0 heterocycles. The van der Waals surface area contributed by atoms with Crippen LogP contribution in [0.3, 0.4) is 0 Å². The van der Waals surface area contributed by atoms with Crippen molar-refractivity contribution in [3.8, 4) is 5.75 Å². The number of aryl methyl sites for hydroxylation is 1. The largest absolute Gasteiger partial charge is 0.490 e. The third-order valence-electron chi connectivity index (χ3n) is 3.99. The predicted octanol–water partition coefficient (Wildman–Crippen LogP) is 3.65. The van der Waals surface area contributed by atoms with E-state index in [1.807, 2.05) is 0 Å². The van der Waals surface area contributed by atoms with Gasteiger partial charge in [0.15, 0.2) is 0 Å². The number of halogens is 2. The van der Waals surface area contributed by atoms with Gasteiger partial charge in [0.2, 0.25) is 15.9 Å². The van der Waals surface area contributed by atoms with Crippen molar-refractivity contribution in [3.05, 3.63) is 58.1 Å². The smallest absolute Gasteiger partial charge is 0.243 e. The van der Waals surface area contributed by atoms with E-state index in [-0.39, 0.29) is 13.2 Å². The molecule has 2 aromatic carbocycles. The number of rotatable bonds is 8. The lowest BCUT2D eigenvalue weighted by atomic mass is 10.2. The van der Waals surface area contributed by atoms with E-state index in [4.69, 9.17) is 27.9 Å². The van der Waals surface area contributed by atoms with E-state index in [0.29, 0.717) is 27.0 Å². The number of carbonyl (C=O) groups excluding carboxylic acids is 1. The number of hydrogen-bond acceptors (Lipinski definition) is 4. The zero-order valence-corrected chi connectivity index (χ0v) is 18.1. The number of nitrogens with zero attached hydrogens (tertiary/aromatic N) is 1. The second-order valence-corrected chi connectivity index (χ2v) is 8.94. The quantitative estimate of drug-likeness (QED) is 0.630. The minimum atomic E-state index is -3.72. The molecule has 0 unspecified atom stereocenters. The van der Waals surface area contributed by atoms with Gasteiger partial charge in [0.05, 0.1) is 23.5 Å². The fourth-order valence-corrected chi connectivity index (χ4v) is 4.23. The summed E-state index contributed by atoms with van der Waals surface area (Å²) in [6.45, 7) is 3.66. The highest BCUT2D eigenvalue weighted by molar-refractivity contribution is 7.92. The Kier molecular flexibility index (Phi) is 7.57. The molecule has 0 fully saturated rings. The topological polar surface area (TPSA) is 75.7 Å². The lowest BCUT2D eigenvalue weighted by Crippen LogP contribution is -2.48. The summed E-state index contributed by atoms with van der Waals surface area (Å²) in [5.74, 6) is 0.0614. The van der Waals surface area contributed by atoms with Crippen LogP contribution in [-0.4, -0.2) is 39.8 Å². The first kappa shape index (κ1) is 22.3. The molecule has 0 aliphatic carbocycles. The highest BCUT2D eigenvalue weighted by Crippen LogP contribution is 2.28. The zero-order valence-electron chi connectivity index (χ0n) is 15.8. The molecule has 1 atom stereocenters. The number of ether oxygens (including phenoxy) is 1. The number of para-hydroxylation sites is 1. The van der Waals surface area contributed by atoms with Crippen molar-refractivity contribution in [3.63, 3.8) is 0 Å². The van der Waals surface area contributed by atoms with E-state index in [1.54, 1.807) is 43.3 Å². The van der Waals surface area contributed by atoms with Crippen LogP contribution in [0.15, 0.2) is 42.5 Å². The van der Waals surface area contributed by atoms with Gasteiger partial charge in [-0.25, -0.2) is 8.42 Å². The predicted molar refractivity (Wildman–Crippen MR) is 113 cm³/mol. The van der Waals surface area contributed by atoms with Crippen molar-refractivity contribution in [1.29, 1.82) is 0 Å². The van der Waals surface area contributed by atoms with Gasteiger partial charge in [-0.05, 0) is 43.7 Å². The number of hydrogen-bond donors (Lipinski definition) is 1. The number of benzene rings is 2. The number of carbonyl (C=O) groups is 1. The summed E-state index contributed by atoms with van der Waals surface area (Å²) in [6, 6.07) is 10.9. The van der Waals surface area contributed by atoms with Crippen LogP contribution >= 0.6 is 23.2 Å². The third-order valence-corrected chi connectivity index (χ3v) is 5.77. The van der Waals surface area contributed by atoms with Crippen LogP contribution in [0.5, 0.6) is 5.75 Å². The second kappa shape index (κ2) is 9.49. The molecule has 0 bridgehead atoms. The van der Waals surface area contributed by atoms with Crippen LogP contribution in [0.2, 0.25) is 10.0 Å². The van der Waals surface area contributed by atoms with Crippen molar-refractivity contribution in [1.82, 2.24) is 5.32 Å². The monoisotopic (exact) mass is 444 g/mol. The molecule has 0 aromatic heterocycles. The van der Waals surface area contributed by atoms with Gasteiger partial charge >= 0.3 is 0 Å². The molecule has 2 aromatic rings. The summed E-state index contributed by atoms with van der Waals surface area (Å²) >= 11 is 12.0. The maximum atomic E-state index is 12.5. The molecule has 1 N–H and O–H groups in total. The molecule has 152 valence electrons. The number of anilines is 1. The summed E-state index contributed by atoms with van der Waals surface area (Å²) in [5.41, 5.74) is 1.06. The van der Waals surface area contributed by atoms with E-state index in [1.165, 1.54) is 13.0 Å². The molecule has 0 saturated heterocycles. The average Bonchev–Trinajstić information content (AvgIpc) is 2.61. The van der Waals surface area contributed by atoms with E-state index in [9.17, 15) is 13.2 Å². The summed E-state index contributed by atoms with van der Waals surface area (Å²) < 4.78 is 31.3. The average molecular weight is 445 g/mol. The molecule has 1 amide bonds. The van der Waals surface area contributed by atoms with Crippen molar-refractivity contribution in [2.24, 2.45) is 0 Å². The first-order valence-corrected chi connectivity index (χ1v) is 11.1. The molecule has 0 spiro atoms. The Labute approximate surface area is 175 Å². The first-order valence-electron chi connectivity index (χ1n) is 8.52. The molecule has 9 heteroatoms. The molecular formula is C19H22Cl2N2O4S. The van der Waals surface area contributed by atoms with Gasteiger partial charge in [-0.3, -0.25) is 9.10 Å². The normalized spacial score (nSPS) is 12.3.